The standard InChI is InChI=1S/C16H12N2O7S2/c19-13-7-6-10-8-12(27(21,22)23)9-14(26-25-24-20)15(10)16(13)18-17-11-4-2-1-3-5-11/h1-9,19-20H,(H,21,22,23)/b18-17+. The first kappa shape index (κ1) is 19.2. The lowest BCUT2D eigenvalue weighted by Crippen LogP contribution is -1.98. The van der Waals surface area contributed by atoms with E-state index in [1.54, 1.807) is 24.3 Å². The summed E-state index contributed by atoms with van der Waals surface area (Å²) in [5.41, 5.74) is 0.579. The minimum absolute atomic E-state index is 0.0438. The van der Waals surface area contributed by atoms with Gasteiger partial charge in [-0.3, -0.25) is 4.55 Å². The van der Waals surface area contributed by atoms with Crippen molar-refractivity contribution in [2.45, 2.75) is 9.79 Å². The molecule has 9 nitrogen and oxygen atoms in total. The number of azo groups is 1. The minimum atomic E-state index is -4.51. The monoisotopic (exact) mass is 408 g/mol. The highest BCUT2D eigenvalue weighted by atomic mass is 32.2. The van der Waals surface area contributed by atoms with E-state index in [9.17, 15) is 18.1 Å². The summed E-state index contributed by atoms with van der Waals surface area (Å²) in [6.45, 7) is 0. The van der Waals surface area contributed by atoms with E-state index in [-0.39, 0.29) is 21.7 Å². The molecule has 0 unspecified atom stereocenters. The van der Waals surface area contributed by atoms with Crippen molar-refractivity contribution in [2.75, 3.05) is 0 Å². The number of hydrogen-bond acceptors (Lipinski definition) is 9. The number of phenolic OH excluding ortho intramolecular Hbond substituents is 1. The molecule has 3 rings (SSSR count). The van der Waals surface area contributed by atoms with E-state index in [4.69, 9.17) is 5.26 Å². The van der Waals surface area contributed by atoms with Gasteiger partial charge in [0, 0.05) is 5.39 Å². The highest BCUT2D eigenvalue weighted by molar-refractivity contribution is 7.94. The van der Waals surface area contributed by atoms with Crippen LogP contribution in [0.5, 0.6) is 5.75 Å². The van der Waals surface area contributed by atoms with Crippen molar-refractivity contribution in [3.63, 3.8) is 0 Å². The summed E-state index contributed by atoms with van der Waals surface area (Å²) >= 11 is 0.464. The smallest absolute Gasteiger partial charge is 0.294 e. The third kappa shape index (κ3) is 4.42. The van der Waals surface area contributed by atoms with Crippen LogP contribution in [0.1, 0.15) is 0 Å². The van der Waals surface area contributed by atoms with Crippen LogP contribution >= 0.6 is 12.0 Å². The predicted octanol–water partition coefficient (Wildman–Crippen LogP) is 4.64. The quantitative estimate of drug-likeness (QED) is 0.176. The Morgan fingerprint density at radius 1 is 1.00 bits per heavy atom. The second-order valence-electron chi connectivity index (χ2n) is 5.19. The summed E-state index contributed by atoms with van der Waals surface area (Å²) in [6, 6.07) is 13.8. The molecule has 0 fully saturated rings. The van der Waals surface area contributed by atoms with Crippen LogP contribution in [0.2, 0.25) is 0 Å². The lowest BCUT2D eigenvalue weighted by Gasteiger charge is -2.10. The molecule has 11 heteroatoms. The van der Waals surface area contributed by atoms with Crippen LogP contribution in [-0.2, 0) is 19.5 Å². The van der Waals surface area contributed by atoms with Crippen molar-refractivity contribution in [2.24, 2.45) is 10.2 Å². The molecule has 0 amide bonds. The third-order valence-electron chi connectivity index (χ3n) is 3.48. The second kappa shape index (κ2) is 8.00. The lowest BCUT2D eigenvalue weighted by molar-refractivity contribution is -0.432. The van der Waals surface area contributed by atoms with Crippen LogP contribution in [0.15, 0.2) is 74.6 Å². The maximum absolute atomic E-state index is 11.5. The molecule has 27 heavy (non-hydrogen) atoms. The molecule has 0 aromatic heterocycles. The number of fused-ring (bicyclic) bond motifs is 1. The van der Waals surface area contributed by atoms with E-state index in [1.807, 2.05) is 6.07 Å². The Balaban J connectivity index is 2.23. The zero-order valence-electron chi connectivity index (χ0n) is 13.4. The molecule has 0 aliphatic heterocycles. The number of aromatic hydroxyl groups is 1. The molecule has 0 heterocycles. The highest BCUT2D eigenvalue weighted by Crippen LogP contribution is 2.42. The van der Waals surface area contributed by atoms with Gasteiger partial charge >= 0.3 is 0 Å². The summed E-state index contributed by atoms with van der Waals surface area (Å²) < 4.78 is 36.7. The average Bonchev–Trinajstić information content (AvgIpc) is 2.65. The largest absolute Gasteiger partial charge is 0.506 e. The first-order valence-corrected chi connectivity index (χ1v) is 9.47. The molecule has 140 valence electrons. The van der Waals surface area contributed by atoms with Crippen LogP contribution in [0.4, 0.5) is 11.4 Å². The number of benzene rings is 3. The van der Waals surface area contributed by atoms with E-state index in [2.05, 4.69) is 19.6 Å². The fourth-order valence-corrected chi connectivity index (χ4v) is 3.54. The van der Waals surface area contributed by atoms with Gasteiger partial charge in [-0.25, -0.2) is 5.26 Å². The van der Waals surface area contributed by atoms with Crippen molar-refractivity contribution in [1.29, 1.82) is 0 Å². The Kier molecular flexibility index (Phi) is 5.70. The number of nitrogens with zero attached hydrogens (tertiary/aromatic N) is 2. The summed E-state index contributed by atoms with van der Waals surface area (Å²) in [5, 5.41) is 30.9. The van der Waals surface area contributed by atoms with Crippen LogP contribution in [-0.4, -0.2) is 23.3 Å². The van der Waals surface area contributed by atoms with Crippen molar-refractivity contribution in [3.05, 3.63) is 54.6 Å². The van der Waals surface area contributed by atoms with Gasteiger partial charge in [-0.05, 0) is 35.7 Å². The normalized spacial score (nSPS) is 12.1. The van der Waals surface area contributed by atoms with Gasteiger partial charge in [0.25, 0.3) is 10.1 Å². The highest BCUT2D eigenvalue weighted by Gasteiger charge is 2.19. The zero-order chi connectivity index (χ0) is 19.4. The maximum atomic E-state index is 11.5. The predicted molar refractivity (Wildman–Crippen MR) is 96.7 cm³/mol. The molecule has 0 saturated carbocycles. The summed E-state index contributed by atoms with van der Waals surface area (Å²) in [6.07, 6.45) is 0. The van der Waals surface area contributed by atoms with E-state index in [1.165, 1.54) is 18.2 Å². The Hall–Kier alpha value is -2.54. The van der Waals surface area contributed by atoms with Gasteiger partial charge in [0.2, 0.25) is 0 Å². The average molecular weight is 408 g/mol. The number of phenols is 1. The van der Waals surface area contributed by atoms with Gasteiger partial charge in [-0.15, -0.1) is 9.45 Å². The SMILES string of the molecule is O=S(=O)(O)c1cc(SOOO)c2c(/N=N/c3ccccc3)c(O)ccc2c1. The van der Waals surface area contributed by atoms with Gasteiger partial charge in [-0.1, -0.05) is 29.3 Å². The van der Waals surface area contributed by atoms with Crippen molar-refractivity contribution >= 4 is 44.3 Å². The van der Waals surface area contributed by atoms with Gasteiger partial charge in [-0.2, -0.15) is 13.5 Å². The Morgan fingerprint density at radius 2 is 1.74 bits per heavy atom. The van der Waals surface area contributed by atoms with Crippen molar-refractivity contribution in [1.82, 2.24) is 0 Å². The molecule has 0 bridgehead atoms. The Labute approximate surface area is 157 Å². The number of hydrogen-bond donors (Lipinski definition) is 3. The van der Waals surface area contributed by atoms with Crippen molar-refractivity contribution in [3.8, 4) is 5.75 Å². The molecule has 0 radical (unpaired) electrons. The van der Waals surface area contributed by atoms with Crippen LogP contribution < -0.4 is 0 Å². The third-order valence-corrected chi connectivity index (χ3v) is 4.94. The molecule has 0 saturated heterocycles. The van der Waals surface area contributed by atoms with E-state index >= 15 is 0 Å². The molecule has 0 aliphatic carbocycles. The van der Waals surface area contributed by atoms with Crippen LogP contribution in [0.3, 0.4) is 0 Å². The van der Waals surface area contributed by atoms with E-state index in [0.717, 1.165) is 6.07 Å². The molecular formula is C16H12N2O7S2. The minimum Gasteiger partial charge on any atom is -0.506 e. The van der Waals surface area contributed by atoms with Gasteiger partial charge in [0.15, 0.2) is 0 Å². The zero-order valence-corrected chi connectivity index (χ0v) is 15.0. The topological polar surface area (TPSA) is 138 Å². The molecule has 0 spiro atoms. The Morgan fingerprint density at radius 3 is 2.41 bits per heavy atom. The van der Waals surface area contributed by atoms with Gasteiger partial charge in [0.1, 0.15) is 11.4 Å². The van der Waals surface area contributed by atoms with Gasteiger partial charge in [0.05, 0.1) is 27.5 Å². The van der Waals surface area contributed by atoms with Crippen LogP contribution in [0, 0.1) is 0 Å². The maximum Gasteiger partial charge on any atom is 0.294 e. The molecule has 3 aromatic rings. The first-order chi connectivity index (χ1) is 12.9. The molecule has 3 aromatic carbocycles. The molecule has 3 N–H and O–H groups in total. The molecular weight excluding hydrogens is 396 g/mol. The second-order valence-corrected chi connectivity index (χ2v) is 7.35. The first-order valence-electron chi connectivity index (χ1n) is 7.29. The van der Waals surface area contributed by atoms with Crippen molar-refractivity contribution < 1.29 is 32.7 Å². The lowest BCUT2D eigenvalue weighted by atomic mass is 10.1. The van der Waals surface area contributed by atoms with E-state index < -0.39 is 15.0 Å². The van der Waals surface area contributed by atoms with E-state index in [0.29, 0.717) is 23.1 Å². The molecule has 0 atom stereocenters. The summed E-state index contributed by atoms with van der Waals surface area (Å²) in [4.78, 5) is -0.303. The Bertz CT molecular complexity index is 1100. The fourth-order valence-electron chi connectivity index (χ4n) is 2.34. The van der Waals surface area contributed by atoms with Crippen LogP contribution in [0.25, 0.3) is 10.8 Å². The molecule has 0 aliphatic rings. The summed E-state index contributed by atoms with van der Waals surface area (Å²) in [7, 11) is -4.51. The van der Waals surface area contributed by atoms with Gasteiger partial charge < -0.3 is 5.11 Å². The fraction of sp³-hybridized carbons (Fsp3) is 0. The summed E-state index contributed by atoms with van der Waals surface area (Å²) in [5.74, 6) is -0.214. The number of rotatable bonds is 6.